The molecule has 0 saturated heterocycles. The SMILES string of the molecule is Nc1c(F)c(F)cc(Oc2cc(Oc3cc(F)c(F)c(N)c3F)c(C(F)(F)F)cc2F)c1F. The first-order chi connectivity index (χ1) is 15.2. The molecule has 0 amide bonds. The van der Waals surface area contributed by atoms with E-state index in [-0.39, 0.29) is 24.3 Å². The van der Waals surface area contributed by atoms with E-state index in [0.29, 0.717) is 0 Å². The highest BCUT2D eigenvalue weighted by Crippen LogP contribution is 2.44. The van der Waals surface area contributed by atoms with Gasteiger partial charge in [0.15, 0.2) is 58.0 Å². The normalized spacial score (nSPS) is 11.6. The molecule has 176 valence electrons. The number of alkyl halides is 3. The number of benzene rings is 3. The Bertz CT molecular complexity index is 1260. The molecule has 3 rings (SSSR count). The van der Waals surface area contributed by atoms with Crippen molar-refractivity contribution in [3.8, 4) is 23.0 Å². The van der Waals surface area contributed by atoms with Crippen molar-refractivity contribution in [1.82, 2.24) is 0 Å². The van der Waals surface area contributed by atoms with E-state index < -0.39 is 86.8 Å². The van der Waals surface area contributed by atoms with Crippen LogP contribution in [-0.2, 0) is 6.18 Å². The van der Waals surface area contributed by atoms with E-state index in [9.17, 15) is 43.9 Å². The zero-order valence-corrected chi connectivity index (χ0v) is 15.6. The van der Waals surface area contributed by atoms with Crippen LogP contribution in [0.4, 0.5) is 55.3 Å². The summed E-state index contributed by atoms with van der Waals surface area (Å²) in [6.07, 6.45) is -5.33. The van der Waals surface area contributed by atoms with Gasteiger partial charge >= 0.3 is 6.18 Å². The minimum atomic E-state index is -5.33. The summed E-state index contributed by atoms with van der Waals surface area (Å²) in [7, 11) is 0. The third-order valence-electron chi connectivity index (χ3n) is 4.09. The van der Waals surface area contributed by atoms with Crippen LogP contribution < -0.4 is 20.9 Å². The zero-order valence-electron chi connectivity index (χ0n) is 15.6. The van der Waals surface area contributed by atoms with Crippen LogP contribution in [-0.4, -0.2) is 0 Å². The Morgan fingerprint density at radius 2 is 0.939 bits per heavy atom. The highest BCUT2D eigenvalue weighted by molar-refractivity contribution is 5.53. The van der Waals surface area contributed by atoms with Gasteiger partial charge in [-0.15, -0.1) is 0 Å². The Balaban J connectivity index is 2.14. The molecule has 0 atom stereocenters. The fourth-order valence-electron chi connectivity index (χ4n) is 2.50. The number of ether oxygens (including phenoxy) is 2. The number of rotatable bonds is 4. The fourth-order valence-corrected chi connectivity index (χ4v) is 2.50. The number of hydrogen-bond acceptors (Lipinski definition) is 4. The molecule has 0 saturated carbocycles. The van der Waals surface area contributed by atoms with Crippen molar-refractivity contribution in [1.29, 1.82) is 0 Å². The Morgan fingerprint density at radius 1 is 0.515 bits per heavy atom. The van der Waals surface area contributed by atoms with Crippen LogP contribution in [0.2, 0.25) is 0 Å². The van der Waals surface area contributed by atoms with Crippen LogP contribution in [0.3, 0.4) is 0 Å². The summed E-state index contributed by atoms with van der Waals surface area (Å²) in [5.74, 6) is -17.6. The lowest BCUT2D eigenvalue weighted by atomic mass is 10.1. The molecule has 0 fully saturated rings. The van der Waals surface area contributed by atoms with Gasteiger partial charge in [-0.1, -0.05) is 0 Å². The van der Waals surface area contributed by atoms with Crippen LogP contribution in [0.5, 0.6) is 23.0 Å². The third kappa shape index (κ3) is 4.40. The molecule has 0 aromatic heterocycles. The van der Waals surface area contributed by atoms with Crippen molar-refractivity contribution in [3.05, 3.63) is 70.5 Å². The van der Waals surface area contributed by atoms with Crippen molar-refractivity contribution < 1.29 is 53.4 Å². The lowest BCUT2D eigenvalue weighted by molar-refractivity contribution is -0.138. The quantitative estimate of drug-likeness (QED) is 0.254. The number of halogens is 10. The lowest BCUT2D eigenvalue weighted by Gasteiger charge is -2.17. The first-order valence-corrected chi connectivity index (χ1v) is 8.34. The average Bonchev–Trinajstić information content (AvgIpc) is 2.73. The van der Waals surface area contributed by atoms with E-state index in [1.54, 1.807) is 0 Å². The van der Waals surface area contributed by atoms with Crippen LogP contribution >= 0.6 is 0 Å². The zero-order chi connectivity index (χ0) is 24.8. The van der Waals surface area contributed by atoms with Crippen molar-refractivity contribution in [3.63, 3.8) is 0 Å². The van der Waals surface area contributed by atoms with Crippen LogP contribution in [0.1, 0.15) is 5.56 Å². The molecule has 0 bridgehead atoms. The summed E-state index contributed by atoms with van der Waals surface area (Å²) in [6, 6.07) is 0.0358. The van der Waals surface area contributed by atoms with Crippen LogP contribution in [0, 0.1) is 40.7 Å². The molecule has 0 radical (unpaired) electrons. The Hall–Kier alpha value is -3.84. The number of anilines is 2. The second kappa shape index (κ2) is 8.26. The van der Waals surface area contributed by atoms with Gasteiger partial charge < -0.3 is 20.9 Å². The smallest absolute Gasteiger partial charge is 0.420 e. The minimum absolute atomic E-state index is 0.0286. The fraction of sp³-hybridized carbons (Fsp3) is 0.0526. The van der Waals surface area contributed by atoms with Gasteiger partial charge in [0.05, 0.1) is 0 Å². The Kier molecular flexibility index (Phi) is 5.96. The maximum atomic E-state index is 14.3. The molecule has 0 aliphatic carbocycles. The summed E-state index contributed by atoms with van der Waals surface area (Å²) >= 11 is 0. The molecule has 3 aromatic carbocycles. The molecule has 0 aliphatic heterocycles. The second-order valence-electron chi connectivity index (χ2n) is 6.28. The van der Waals surface area contributed by atoms with Gasteiger partial charge in [-0.3, -0.25) is 0 Å². The summed E-state index contributed by atoms with van der Waals surface area (Å²) in [5.41, 5.74) is 5.30. The monoisotopic (exact) mass is 486 g/mol. The van der Waals surface area contributed by atoms with E-state index in [1.165, 1.54) is 0 Å². The highest BCUT2D eigenvalue weighted by Gasteiger charge is 2.37. The first kappa shape index (κ1) is 23.8. The standard InChI is InChI=1S/C19H8F10N2O2/c20-6-1-5(19(27,28)29)9(32-11-2-7(21)13(23)17(30)15(11)25)4-10(6)33-12-3-8(22)14(24)18(31)16(12)26/h1-4H,30-31H2. The van der Waals surface area contributed by atoms with Gasteiger partial charge in [0.25, 0.3) is 0 Å². The topological polar surface area (TPSA) is 70.5 Å². The molecule has 0 unspecified atom stereocenters. The maximum absolute atomic E-state index is 14.3. The number of nitrogens with two attached hydrogens (primary N) is 2. The third-order valence-corrected chi connectivity index (χ3v) is 4.09. The maximum Gasteiger partial charge on any atom is 0.420 e. The van der Waals surface area contributed by atoms with Crippen molar-refractivity contribution >= 4 is 11.4 Å². The number of nitrogen functional groups attached to an aromatic ring is 2. The van der Waals surface area contributed by atoms with Gasteiger partial charge in [0, 0.05) is 18.2 Å². The first-order valence-electron chi connectivity index (χ1n) is 8.34. The van der Waals surface area contributed by atoms with Gasteiger partial charge in [-0.05, 0) is 6.07 Å². The molecule has 3 aromatic rings. The van der Waals surface area contributed by atoms with E-state index in [4.69, 9.17) is 11.5 Å². The molecule has 4 nitrogen and oxygen atoms in total. The summed E-state index contributed by atoms with van der Waals surface area (Å²) in [5, 5.41) is 0. The molecule has 4 N–H and O–H groups in total. The summed E-state index contributed by atoms with van der Waals surface area (Å²) < 4.78 is 145. The van der Waals surface area contributed by atoms with Gasteiger partial charge in [-0.25, -0.2) is 30.7 Å². The van der Waals surface area contributed by atoms with E-state index in [0.717, 1.165) is 0 Å². The van der Waals surface area contributed by atoms with Gasteiger partial charge in [0.1, 0.15) is 22.7 Å². The molecular formula is C19H8F10N2O2. The largest absolute Gasteiger partial charge is 0.453 e. The molecule has 14 heteroatoms. The second-order valence-corrected chi connectivity index (χ2v) is 6.28. The predicted octanol–water partition coefficient (Wildman–Crippen LogP) is 6.43. The molecule has 0 spiro atoms. The van der Waals surface area contributed by atoms with Gasteiger partial charge in [0.2, 0.25) is 0 Å². The van der Waals surface area contributed by atoms with E-state index >= 15 is 0 Å². The van der Waals surface area contributed by atoms with E-state index in [2.05, 4.69) is 9.47 Å². The Morgan fingerprint density at radius 3 is 1.36 bits per heavy atom. The Labute approximate surface area is 176 Å². The number of hydrogen-bond donors (Lipinski definition) is 2. The molecular weight excluding hydrogens is 478 g/mol. The molecule has 0 aliphatic rings. The van der Waals surface area contributed by atoms with Crippen molar-refractivity contribution in [2.45, 2.75) is 6.18 Å². The predicted molar refractivity (Wildman–Crippen MR) is 93.0 cm³/mol. The highest BCUT2D eigenvalue weighted by atomic mass is 19.4. The summed E-state index contributed by atoms with van der Waals surface area (Å²) in [4.78, 5) is 0. The molecule has 0 heterocycles. The van der Waals surface area contributed by atoms with E-state index in [1.807, 2.05) is 0 Å². The lowest BCUT2D eigenvalue weighted by Crippen LogP contribution is -2.10. The van der Waals surface area contributed by atoms with Crippen molar-refractivity contribution in [2.75, 3.05) is 11.5 Å². The minimum Gasteiger partial charge on any atom is -0.453 e. The summed E-state index contributed by atoms with van der Waals surface area (Å²) in [6.45, 7) is 0. The van der Waals surface area contributed by atoms with Crippen LogP contribution in [0.25, 0.3) is 0 Å². The van der Waals surface area contributed by atoms with Gasteiger partial charge in [-0.2, -0.15) is 13.2 Å². The van der Waals surface area contributed by atoms with Crippen LogP contribution in [0.15, 0.2) is 24.3 Å². The average molecular weight is 486 g/mol. The molecule has 33 heavy (non-hydrogen) atoms. The van der Waals surface area contributed by atoms with Crippen molar-refractivity contribution in [2.24, 2.45) is 0 Å².